The van der Waals surface area contributed by atoms with Crippen LogP contribution >= 0.6 is 0 Å². The van der Waals surface area contributed by atoms with Gasteiger partial charge in [0.05, 0.1) is 14.3 Å². The third kappa shape index (κ3) is 5.17. The maximum absolute atomic E-state index is 10.5. The van der Waals surface area contributed by atoms with Gasteiger partial charge in [0.2, 0.25) is 0 Å². The molecule has 0 saturated heterocycles. The summed E-state index contributed by atoms with van der Waals surface area (Å²) in [7, 11) is -1.22. The zero-order chi connectivity index (χ0) is 12.7. The van der Waals surface area contributed by atoms with Crippen molar-refractivity contribution < 1.29 is 9.53 Å². The number of carbonyl (C=O) groups excluding carboxylic acids is 1. The first-order valence-corrected chi connectivity index (χ1v) is 9.67. The Hall–Kier alpha value is -1.09. The summed E-state index contributed by atoms with van der Waals surface area (Å²) < 4.78 is 5.81. The van der Waals surface area contributed by atoms with Crippen molar-refractivity contribution in [3.05, 3.63) is 29.8 Å². The van der Waals surface area contributed by atoms with Crippen LogP contribution in [0, 0.1) is 0 Å². The lowest BCUT2D eigenvalue weighted by Crippen LogP contribution is -2.34. The minimum Gasteiger partial charge on any atom is -0.497 e. The number of carbonyl (C=O) groups is 1. The fourth-order valence-electron chi connectivity index (χ4n) is 1.65. The van der Waals surface area contributed by atoms with Crippen molar-refractivity contribution in [2.75, 3.05) is 6.23 Å². The molecule has 0 aliphatic rings. The van der Waals surface area contributed by atoms with E-state index < -0.39 is 8.07 Å². The summed E-state index contributed by atoms with van der Waals surface area (Å²) in [5.74, 6) is 0.868. The van der Waals surface area contributed by atoms with Gasteiger partial charge in [0.15, 0.2) is 0 Å². The van der Waals surface area contributed by atoms with E-state index in [0.717, 1.165) is 18.3 Å². The second-order valence-corrected chi connectivity index (χ2v) is 10.4. The molecule has 0 amide bonds. The molecule has 0 aliphatic carbocycles. The Morgan fingerprint density at radius 2 is 1.88 bits per heavy atom. The lowest BCUT2D eigenvalue weighted by Gasteiger charge is -2.22. The lowest BCUT2D eigenvalue weighted by molar-refractivity contribution is 0.112. The summed E-state index contributed by atoms with van der Waals surface area (Å²) >= 11 is 0. The molecular formula is C14H22O2Si. The number of ether oxygens (including phenoxy) is 1. The average molecular weight is 250 g/mol. The molecule has 0 heterocycles. The van der Waals surface area contributed by atoms with Gasteiger partial charge in [-0.1, -0.05) is 38.9 Å². The van der Waals surface area contributed by atoms with Gasteiger partial charge in [-0.3, -0.25) is 4.79 Å². The van der Waals surface area contributed by atoms with Crippen LogP contribution in [0.5, 0.6) is 5.75 Å². The van der Waals surface area contributed by atoms with Crippen molar-refractivity contribution in [3.8, 4) is 5.75 Å². The van der Waals surface area contributed by atoms with Crippen molar-refractivity contribution in [2.45, 2.75) is 38.9 Å². The van der Waals surface area contributed by atoms with Crippen molar-refractivity contribution in [3.63, 3.8) is 0 Å². The van der Waals surface area contributed by atoms with Gasteiger partial charge in [0.1, 0.15) is 12.0 Å². The Bertz CT molecular complexity index is 344. The Morgan fingerprint density at radius 1 is 1.24 bits per heavy atom. The molecule has 3 heteroatoms. The summed E-state index contributed by atoms with van der Waals surface area (Å²) in [5, 5.41) is 0. The Kier molecular flexibility index (Phi) is 5.42. The maximum atomic E-state index is 10.5. The predicted molar refractivity (Wildman–Crippen MR) is 74.5 cm³/mol. The van der Waals surface area contributed by atoms with Crippen molar-refractivity contribution >= 4 is 14.4 Å². The van der Waals surface area contributed by atoms with E-state index >= 15 is 0 Å². The van der Waals surface area contributed by atoms with E-state index in [4.69, 9.17) is 4.74 Å². The van der Waals surface area contributed by atoms with E-state index in [1.807, 2.05) is 12.1 Å². The van der Waals surface area contributed by atoms with E-state index in [1.54, 1.807) is 12.1 Å². The van der Waals surface area contributed by atoms with Gasteiger partial charge in [-0.15, -0.1) is 0 Å². The number of hydrogen-bond acceptors (Lipinski definition) is 2. The van der Waals surface area contributed by atoms with Crippen molar-refractivity contribution in [1.82, 2.24) is 0 Å². The first kappa shape index (κ1) is 14.0. The van der Waals surface area contributed by atoms with E-state index in [9.17, 15) is 4.79 Å². The van der Waals surface area contributed by atoms with Gasteiger partial charge >= 0.3 is 0 Å². The zero-order valence-corrected chi connectivity index (χ0v) is 12.0. The lowest BCUT2D eigenvalue weighted by atomic mass is 10.2. The SMILES string of the molecule is CCCC[Si](C)(C)COc1ccc(C=O)cc1. The summed E-state index contributed by atoms with van der Waals surface area (Å²) in [6.45, 7) is 6.95. The van der Waals surface area contributed by atoms with Gasteiger partial charge in [-0.2, -0.15) is 0 Å². The Morgan fingerprint density at radius 3 is 2.41 bits per heavy atom. The molecule has 0 bridgehead atoms. The van der Waals surface area contributed by atoms with Crippen LogP contribution in [0.25, 0.3) is 0 Å². The monoisotopic (exact) mass is 250 g/mol. The van der Waals surface area contributed by atoms with Crippen LogP contribution in [0.2, 0.25) is 19.1 Å². The number of hydrogen-bond donors (Lipinski definition) is 0. The van der Waals surface area contributed by atoms with Crippen LogP contribution < -0.4 is 4.74 Å². The molecule has 0 fully saturated rings. The molecule has 0 aliphatic heterocycles. The number of rotatable bonds is 7. The first-order chi connectivity index (χ1) is 8.07. The van der Waals surface area contributed by atoms with E-state index in [-0.39, 0.29) is 0 Å². The van der Waals surface area contributed by atoms with Crippen LogP contribution in [0.4, 0.5) is 0 Å². The molecule has 0 radical (unpaired) electrons. The van der Waals surface area contributed by atoms with E-state index in [2.05, 4.69) is 20.0 Å². The smallest absolute Gasteiger partial charge is 0.150 e. The molecule has 17 heavy (non-hydrogen) atoms. The molecule has 1 aromatic rings. The number of benzene rings is 1. The molecule has 0 atom stereocenters. The van der Waals surface area contributed by atoms with E-state index in [1.165, 1.54) is 18.9 Å². The minimum atomic E-state index is -1.22. The van der Waals surface area contributed by atoms with Gasteiger partial charge in [0, 0.05) is 5.56 Å². The quantitative estimate of drug-likeness (QED) is 0.541. The largest absolute Gasteiger partial charge is 0.497 e. The molecule has 0 spiro atoms. The normalized spacial score (nSPS) is 11.2. The fraction of sp³-hybridized carbons (Fsp3) is 0.500. The van der Waals surface area contributed by atoms with Gasteiger partial charge in [0.25, 0.3) is 0 Å². The molecule has 1 aromatic carbocycles. The highest BCUT2D eigenvalue weighted by Crippen LogP contribution is 2.17. The molecule has 1 rings (SSSR count). The summed E-state index contributed by atoms with van der Waals surface area (Å²) in [6, 6.07) is 8.64. The van der Waals surface area contributed by atoms with Crippen LogP contribution in [-0.2, 0) is 0 Å². The van der Waals surface area contributed by atoms with Crippen molar-refractivity contribution in [1.29, 1.82) is 0 Å². The Balaban J connectivity index is 2.45. The standard InChI is InChI=1S/C14H22O2Si/c1-4-5-10-17(2,3)12-16-14-8-6-13(11-15)7-9-14/h6-9,11H,4-5,10,12H2,1-3H3. The molecule has 94 valence electrons. The summed E-state index contributed by atoms with van der Waals surface area (Å²) in [6.07, 6.45) is 4.26. The third-order valence-corrected chi connectivity index (χ3v) is 5.49. The highest BCUT2D eigenvalue weighted by Gasteiger charge is 2.20. The number of unbranched alkanes of at least 4 members (excludes halogenated alkanes) is 1. The van der Waals surface area contributed by atoms with Crippen LogP contribution in [-0.4, -0.2) is 20.6 Å². The highest BCUT2D eigenvalue weighted by atomic mass is 28.3. The predicted octanol–water partition coefficient (Wildman–Crippen LogP) is 3.93. The van der Waals surface area contributed by atoms with Crippen LogP contribution in [0.3, 0.4) is 0 Å². The van der Waals surface area contributed by atoms with E-state index in [0.29, 0.717) is 5.56 Å². The zero-order valence-electron chi connectivity index (χ0n) is 11.0. The summed E-state index contributed by atoms with van der Waals surface area (Å²) in [5.41, 5.74) is 0.694. The maximum Gasteiger partial charge on any atom is 0.150 e. The minimum absolute atomic E-state index is 0.694. The van der Waals surface area contributed by atoms with Gasteiger partial charge in [-0.25, -0.2) is 0 Å². The topological polar surface area (TPSA) is 26.3 Å². The highest BCUT2D eigenvalue weighted by molar-refractivity contribution is 6.77. The molecular weight excluding hydrogens is 228 g/mol. The first-order valence-electron chi connectivity index (χ1n) is 6.25. The molecule has 2 nitrogen and oxygen atoms in total. The average Bonchev–Trinajstić information content (AvgIpc) is 2.35. The second-order valence-electron chi connectivity index (χ2n) is 5.24. The Labute approximate surface area is 105 Å². The molecule has 0 unspecified atom stereocenters. The van der Waals surface area contributed by atoms with Gasteiger partial charge in [-0.05, 0) is 24.3 Å². The molecule has 0 N–H and O–H groups in total. The van der Waals surface area contributed by atoms with Crippen LogP contribution in [0.15, 0.2) is 24.3 Å². The van der Waals surface area contributed by atoms with Gasteiger partial charge < -0.3 is 4.74 Å². The second kappa shape index (κ2) is 6.60. The number of aldehydes is 1. The fourth-order valence-corrected chi connectivity index (χ4v) is 3.66. The molecule has 0 aromatic heterocycles. The summed E-state index contributed by atoms with van der Waals surface area (Å²) in [4.78, 5) is 10.5. The van der Waals surface area contributed by atoms with Crippen LogP contribution in [0.1, 0.15) is 30.1 Å². The molecule has 0 saturated carbocycles. The third-order valence-electron chi connectivity index (χ3n) is 2.85. The van der Waals surface area contributed by atoms with Crippen molar-refractivity contribution in [2.24, 2.45) is 0 Å².